The lowest BCUT2D eigenvalue weighted by Crippen LogP contribution is -2.35. The predicted octanol–water partition coefficient (Wildman–Crippen LogP) is 4.04. The Morgan fingerprint density at radius 1 is 1.18 bits per heavy atom. The molecule has 11 heteroatoms. The third-order valence-corrected chi connectivity index (χ3v) is 8.88. The standard InChI is InChI=1S/C27H23F2N3O5S/c1-14-13-37-25-18(14)7-9-21-23(25)22(19-3-2-10-30-26(19)33)24(27(34)31-38(35,36)17-5-6-17)32(21)12-15-11-16(28)4-8-20(15)29/h2-4,7-11,14,17H,5-6,12-13H2,1H3,(H,30,33)(H,31,34)/t14-/m1/s1. The molecule has 1 aliphatic carbocycles. The van der Waals surface area contributed by atoms with E-state index in [4.69, 9.17) is 4.74 Å². The van der Waals surface area contributed by atoms with Crippen LogP contribution >= 0.6 is 0 Å². The molecule has 6 rings (SSSR count). The van der Waals surface area contributed by atoms with Crippen molar-refractivity contribution in [3.05, 3.63) is 87.5 Å². The molecule has 38 heavy (non-hydrogen) atoms. The average molecular weight is 540 g/mol. The molecular weight excluding hydrogens is 516 g/mol. The zero-order chi connectivity index (χ0) is 26.8. The van der Waals surface area contributed by atoms with Gasteiger partial charge in [-0.2, -0.15) is 0 Å². The molecule has 1 fully saturated rings. The Hall–Kier alpha value is -3.99. The fraction of sp³-hybridized carbons (Fsp3) is 0.259. The first kappa shape index (κ1) is 24.4. The second-order valence-corrected chi connectivity index (χ2v) is 11.7. The lowest BCUT2D eigenvalue weighted by molar-refractivity contribution is 0.0974. The molecule has 2 N–H and O–H groups in total. The first-order chi connectivity index (χ1) is 18.2. The van der Waals surface area contributed by atoms with Crippen LogP contribution in [0.1, 0.15) is 47.3 Å². The average Bonchev–Trinajstić information content (AvgIpc) is 3.61. The Morgan fingerprint density at radius 3 is 2.71 bits per heavy atom. The predicted molar refractivity (Wildman–Crippen MR) is 137 cm³/mol. The monoisotopic (exact) mass is 539 g/mol. The van der Waals surface area contributed by atoms with Crippen LogP contribution in [0, 0.1) is 11.6 Å². The number of hydrogen-bond acceptors (Lipinski definition) is 5. The number of hydrogen-bond donors (Lipinski definition) is 2. The van der Waals surface area contributed by atoms with Crippen molar-refractivity contribution in [3.8, 4) is 16.9 Å². The molecule has 2 aromatic heterocycles. The summed E-state index contributed by atoms with van der Waals surface area (Å²) in [7, 11) is -3.97. The maximum Gasteiger partial charge on any atom is 0.282 e. The summed E-state index contributed by atoms with van der Waals surface area (Å²) in [5.74, 6) is -1.84. The first-order valence-electron chi connectivity index (χ1n) is 12.2. The van der Waals surface area contributed by atoms with Crippen LogP contribution < -0.4 is 15.0 Å². The highest BCUT2D eigenvalue weighted by Crippen LogP contribution is 2.46. The van der Waals surface area contributed by atoms with Crippen molar-refractivity contribution in [3.63, 3.8) is 0 Å². The molecule has 2 aromatic carbocycles. The number of benzene rings is 2. The molecule has 0 bridgehead atoms. The number of H-pyrrole nitrogens is 1. The van der Waals surface area contributed by atoms with E-state index in [9.17, 15) is 26.8 Å². The van der Waals surface area contributed by atoms with Crippen molar-refractivity contribution in [2.45, 2.75) is 37.5 Å². The number of aromatic amines is 1. The number of nitrogens with one attached hydrogen (secondary N) is 2. The van der Waals surface area contributed by atoms with Gasteiger partial charge in [0.2, 0.25) is 10.0 Å². The van der Waals surface area contributed by atoms with E-state index in [1.54, 1.807) is 12.1 Å². The highest BCUT2D eigenvalue weighted by molar-refractivity contribution is 7.91. The molecule has 1 atom stereocenters. The number of ether oxygens (including phenoxy) is 1. The van der Waals surface area contributed by atoms with Crippen LogP contribution in [0.5, 0.6) is 5.75 Å². The zero-order valence-electron chi connectivity index (χ0n) is 20.3. The third kappa shape index (κ3) is 3.97. The van der Waals surface area contributed by atoms with E-state index in [2.05, 4.69) is 9.71 Å². The summed E-state index contributed by atoms with van der Waals surface area (Å²) < 4.78 is 64.0. The molecule has 2 aliphatic rings. The van der Waals surface area contributed by atoms with Gasteiger partial charge in [0, 0.05) is 28.8 Å². The van der Waals surface area contributed by atoms with Crippen LogP contribution in [0.4, 0.5) is 8.78 Å². The van der Waals surface area contributed by atoms with Gasteiger partial charge in [-0.3, -0.25) is 9.59 Å². The number of rotatable bonds is 6. The van der Waals surface area contributed by atoms with Crippen molar-refractivity contribution in [1.82, 2.24) is 14.3 Å². The largest absolute Gasteiger partial charge is 0.492 e. The molecular formula is C27H23F2N3O5S. The molecule has 3 heterocycles. The van der Waals surface area contributed by atoms with Crippen LogP contribution in [-0.2, 0) is 16.6 Å². The maximum atomic E-state index is 14.8. The number of pyridine rings is 1. The Morgan fingerprint density at radius 2 is 1.97 bits per heavy atom. The van der Waals surface area contributed by atoms with E-state index in [0.29, 0.717) is 36.1 Å². The number of nitrogens with zero attached hydrogens (tertiary/aromatic N) is 1. The number of amides is 1. The number of carbonyl (C=O) groups excluding carboxylic acids is 1. The number of carbonyl (C=O) groups is 1. The van der Waals surface area contributed by atoms with Gasteiger partial charge in [0.1, 0.15) is 23.1 Å². The maximum absolute atomic E-state index is 14.8. The highest BCUT2D eigenvalue weighted by Gasteiger charge is 2.39. The SMILES string of the molecule is C[C@@H]1COc2c1ccc1c2c(-c2ccc[nH]c2=O)c(C(=O)NS(=O)(=O)C2CC2)n1Cc1cc(F)ccc1F. The lowest BCUT2D eigenvalue weighted by atomic mass is 9.97. The van der Waals surface area contributed by atoms with E-state index in [-0.39, 0.29) is 34.8 Å². The van der Waals surface area contributed by atoms with Crippen molar-refractivity contribution >= 4 is 26.8 Å². The van der Waals surface area contributed by atoms with Gasteiger partial charge < -0.3 is 14.3 Å². The molecule has 0 spiro atoms. The summed E-state index contributed by atoms with van der Waals surface area (Å²) in [5.41, 5.74) is 0.817. The third-order valence-electron chi connectivity index (χ3n) is 7.06. The summed E-state index contributed by atoms with van der Waals surface area (Å²) in [6.45, 7) is 2.05. The molecule has 1 aliphatic heterocycles. The molecule has 0 radical (unpaired) electrons. The highest BCUT2D eigenvalue weighted by atomic mass is 32.2. The quantitative estimate of drug-likeness (QED) is 0.384. The molecule has 4 aromatic rings. The molecule has 1 saturated carbocycles. The van der Waals surface area contributed by atoms with Gasteiger partial charge in [0.25, 0.3) is 11.5 Å². The Kier molecular flexibility index (Phi) is 5.64. The van der Waals surface area contributed by atoms with Crippen LogP contribution in [0.3, 0.4) is 0 Å². The van der Waals surface area contributed by atoms with Gasteiger partial charge in [-0.25, -0.2) is 21.9 Å². The Bertz CT molecular complexity index is 1790. The summed E-state index contributed by atoms with van der Waals surface area (Å²) in [6.07, 6.45) is 2.31. The second kappa shape index (κ2) is 8.80. The van der Waals surface area contributed by atoms with Gasteiger partial charge in [-0.1, -0.05) is 13.0 Å². The fourth-order valence-corrected chi connectivity index (χ4v) is 6.30. The van der Waals surface area contributed by atoms with Crippen molar-refractivity contribution < 1.29 is 26.7 Å². The summed E-state index contributed by atoms with van der Waals surface area (Å²) in [6, 6.07) is 9.65. The van der Waals surface area contributed by atoms with Gasteiger partial charge in [0.15, 0.2) is 0 Å². The van der Waals surface area contributed by atoms with Gasteiger partial charge in [0.05, 0.1) is 34.9 Å². The van der Waals surface area contributed by atoms with E-state index in [1.165, 1.54) is 16.8 Å². The molecule has 8 nitrogen and oxygen atoms in total. The van der Waals surface area contributed by atoms with Crippen LogP contribution in [0.25, 0.3) is 22.0 Å². The summed E-state index contributed by atoms with van der Waals surface area (Å²) in [4.78, 5) is 29.4. The van der Waals surface area contributed by atoms with Crippen LogP contribution in [0.2, 0.25) is 0 Å². The van der Waals surface area contributed by atoms with E-state index >= 15 is 0 Å². The minimum Gasteiger partial charge on any atom is -0.492 e. The minimum absolute atomic E-state index is 0.0350. The Labute approximate surface area is 216 Å². The molecule has 0 unspecified atom stereocenters. The topological polar surface area (TPSA) is 110 Å². The lowest BCUT2D eigenvalue weighted by Gasteiger charge is -2.14. The first-order valence-corrected chi connectivity index (χ1v) is 13.7. The molecule has 1 amide bonds. The normalized spacial score (nSPS) is 16.9. The Balaban J connectivity index is 1.69. The van der Waals surface area contributed by atoms with Crippen molar-refractivity contribution in [1.29, 1.82) is 0 Å². The van der Waals surface area contributed by atoms with Gasteiger partial charge >= 0.3 is 0 Å². The van der Waals surface area contributed by atoms with Crippen LogP contribution in [-0.4, -0.2) is 35.7 Å². The molecule has 196 valence electrons. The molecule has 0 saturated heterocycles. The number of halogens is 2. The summed E-state index contributed by atoms with van der Waals surface area (Å²) in [5, 5.41) is -0.253. The summed E-state index contributed by atoms with van der Waals surface area (Å²) >= 11 is 0. The minimum atomic E-state index is -3.97. The van der Waals surface area contributed by atoms with E-state index in [1.807, 2.05) is 13.0 Å². The number of sulfonamides is 1. The van der Waals surface area contributed by atoms with Gasteiger partial charge in [-0.15, -0.1) is 0 Å². The number of aromatic nitrogens is 2. The van der Waals surface area contributed by atoms with Crippen LogP contribution in [0.15, 0.2) is 53.5 Å². The van der Waals surface area contributed by atoms with Crippen molar-refractivity contribution in [2.75, 3.05) is 6.61 Å². The van der Waals surface area contributed by atoms with E-state index < -0.39 is 38.4 Å². The number of fused-ring (bicyclic) bond motifs is 3. The smallest absolute Gasteiger partial charge is 0.282 e. The van der Waals surface area contributed by atoms with Gasteiger partial charge in [-0.05, 0) is 49.2 Å². The van der Waals surface area contributed by atoms with E-state index in [0.717, 1.165) is 23.8 Å². The zero-order valence-corrected chi connectivity index (χ0v) is 21.1. The van der Waals surface area contributed by atoms with Crippen molar-refractivity contribution in [2.24, 2.45) is 0 Å². The second-order valence-electron chi connectivity index (χ2n) is 9.72. The fourth-order valence-electron chi connectivity index (χ4n) is 5.03.